The summed E-state index contributed by atoms with van der Waals surface area (Å²) < 4.78 is 18.2. The van der Waals surface area contributed by atoms with Crippen molar-refractivity contribution >= 4 is 0 Å². The molecule has 0 aliphatic carbocycles. The predicted molar refractivity (Wildman–Crippen MR) is 3.30 cm³/mol. The Balaban J connectivity index is 0. The molecule has 0 spiro atoms. The van der Waals surface area contributed by atoms with Gasteiger partial charge in [-0.2, -0.15) is 0 Å². The van der Waals surface area contributed by atoms with Gasteiger partial charge in [-0.25, -0.2) is 0 Å². The molecule has 0 saturated heterocycles. The molecule has 0 amide bonds. The summed E-state index contributed by atoms with van der Waals surface area (Å²) in [6, 6.07) is 0. The summed E-state index contributed by atoms with van der Waals surface area (Å²) in [5.41, 5.74) is 0. The maximum atomic E-state index is 9.12. The van der Waals surface area contributed by atoms with Gasteiger partial charge in [0.15, 0.2) is 0 Å². The van der Waals surface area contributed by atoms with Crippen LogP contribution in [0.4, 0.5) is 9.05 Å². The van der Waals surface area contributed by atoms with E-state index in [0.29, 0.717) is 0 Å². The van der Waals surface area contributed by atoms with Crippen LogP contribution in [0, 0.1) is 0 Å². The van der Waals surface area contributed by atoms with E-state index in [1.54, 1.807) is 0 Å². The van der Waals surface area contributed by atoms with Gasteiger partial charge in [-0.3, -0.25) is 0 Å². The molecule has 4 heteroatoms. The van der Waals surface area contributed by atoms with E-state index in [1.165, 1.54) is 5.15 Å². The van der Waals surface area contributed by atoms with E-state index in [0.717, 1.165) is 0 Å². The zero-order valence-electron chi connectivity index (χ0n) is 1.61. The van der Waals surface area contributed by atoms with E-state index in [2.05, 4.69) is 0 Å². The number of halogens is 2. The minimum atomic E-state index is 0. The average molecular weight is 147 g/mol. The smallest absolute Gasteiger partial charge is 0.0104 e. The molecule has 1 nitrogen and oxygen atoms in total. The summed E-state index contributed by atoms with van der Waals surface area (Å²) in [6.45, 7) is 0. The predicted octanol–water partition coefficient (Wildman–Crippen LogP) is 0.770. The van der Waals surface area contributed by atoms with Crippen LogP contribution in [0.15, 0.2) is 0 Å². The van der Waals surface area contributed by atoms with Gasteiger partial charge in [-0.15, -0.1) is 0 Å². The summed E-state index contributed by atoms with van der Waals surface area (Å²) in [4.78, 5) is 0. The summed E-state index contributed by atoms with van der Waals surface area (Å²) in [7, 11) is 0. The van der Waals surface area contributed by atoms with E-state index in [1.807, 2.05) is 0 Å². The normalized spacial score (nSPS) is 4.50. The van der Waals surface area contributed by atoms with Gasteiger partial charge in [0.1, 0.15) is 0 Å². The topological polar surface area (TPSA) is 9.23 Å². The van der Waals surface area contributed by atoms with E-state index >= 15 is 0 Å². The second-order valence-corrected chi connectivity index (χ2v) is 0.0583. The van der Waals surface area contributed by atoms with Crippen LogP contribution < -0.4 is 0 Å². The molecular formula is F2NbO. The van der Waals surface area contributed by atoms with Crippen LogP contribution in [-0.4, -0.2) is 0 Å². The van der Waals surface area contributed by atoms with Crippen molar-refractivity contribution in [2.45, 2.75) is 0 Å². The Labute approximate surface area is 37.3 Å². The molecule has 0 N–H and O–H groups in total. The van der Waals surface area contributed by atoms with Crippen molar-refractivity contribution in [2.24, 2.45) is 0 Å². The van der Waals surface area contributed by atoms with Gasteiger partial charge in [0.05, 0.1) is 0 Å². The SMILES string of the molecule is FOF.[Nb]. The molecule has 0 aromatic heterocycles. The molecule has 0 aromatic carbocycles. The van der Waals surface area contributed by atoms with Crippen LogP contribution in [0.25, 0.3) is 0 Å². The van der Waals surface area contributed by atoms with Crippen molar-refractivity contribution in [1.82, 2.24) is 0 Å². The number of hydrogen-bond donors (Lipinski definition) is 0. The fourth-order valence-corrected chi connectivity index (χ4v) is 0. The van der Waals surface area contributed by atoms with Crippen LogP contribution in [-0.2, 0) is 27.5 Å². The molecule has 0 atom stereocenters. The monoisotopic (exact) mass is 147 g/mol. The maximum Gasteiger partial charge on any atom is 0.0209 e. The van der Waals surface area contributed by atoms with Crippen LogP contribution in [0.3, 0.4) is 0 Å². The second-order valence-electron chi connectivity index (χ2n) is 0.0583. The number of hydrogen-bond acceptors (Lipinski definition) is 1. The molecule has 0 rings (SSSR count). The quantitative estimate of drug-likeness (QED) is 0.459. The van der Waals surface area contributed by atoms with Gasteiger partial charge >= 0.3 is 0 Å². The minimum absolute atomic E-state index is 0. The van der Waals surface area contributed by atoms with Crippen molar-refractivity contribution in [3.05, 3.63) is 0 Å². The maximum absolute atomic E-state index is 9.12. The Kier molecular flexibility index (Phi) is 21.1. The van der Waals surface area contributed by atoms with Crippen molar-refractivity contribution in [3.8, 4) is 0 Å². The molecule has 0 aromatic rings. The molecule has 25 valence electrons. The van der Waals surface area contributed by atoms with Gasteiger partial charge in [-0.05, 0) is 9.05 Å². The summed E-state index contributed by atoms with van der Waals surface area (Å²) in [5, 5.41) is 1.25. The van der Waals surface area contributed by atoms with E-state index in [4.69, 9.17) is 9.05 Å². The van der Waals surface area contributed by atoms with E-state index < -0.39 is 0 Å². The largest absolute Gasteiger partial charge is 0.0209 e. The summed E-state index contributed by atoms with van der Waals surface area (Å²) in [5.74, 6) is 0. The Morgan fingerprint density at radius 3 is 1.25 bits per heavy atom. The second kappa shape index (κ2) is 9.59. The Morgan fingerprint density at radius 2 is 1.25 bits per heavy atom. The molecule has 0 aliphatic rings. The number of rotatable bonds is 0. The molecule has 4 heavy (non-hydrogen) atoms. The standard InChI is InChI=1S/F2O.Nb/c1-3-2;. The first kappa shape index (κ1) is 8.82. The fourth-order valence-electron chi connectivity index (χ4n) is 0. The Morgan fingerprint density at radius 1 is 1.25 bits per heavy atom. The van der Waals surface area contributed by atoms with Crippen molar-refractivity contribution in [3.63, 3.8) is 0 Å². The molecular weight excluding hydrogens is 147 g/mol. The molecule has 0 saturated carbocycles. The third-order valence-corrected chi connectivity index (χ3v) is 0. The minimum Gasteiger partial charge on any atom is -0.0104 e. The van der Waals surface area contributed by atoms with Gasteiger partial charge in [0.25, 0.3) is 0 Å². The zero-order valence-corrected chi connectivity index (χ0v) is 3.81. The van der Waals surface area contributed by atoms with Crippen LogP contribution in [0.2, 0.25) is 0 Å². The van der Waals surface area contributed by atoms with Crippen molar-refractivity contribution in [1.29, 1.82) is 0 Å². The average Bonchev–Trinajstić information content (AvgIpc) is 0.918. The van der Waals surface area contributed by atoms with Crippen molar-refractivity contribution < 1.29 is 36.6 Å². The van der Waals surface area contributed by atoms with Gasteiger partial charge in [0.2, 0.25) is 0 Å². The van der Waals surface area contributed by atoms with Crippen LogP contribution in [0.5, 0.6) is 0 Å². The fraction of sp³-hybridized carbons (Fsp3) is 0. The van der Waals surface area contributed by atoms with Crippen LogP contribution in [0.1, 0.15) is 0 Å². The van der Waals surface area contributed by atoms with Gasteiger partial charge < -0.3 is 0 Å². The molecule has 0 heterocycles. The Hall–Kier alpha value is 0.560. The van der Waals surface area contributed by atoms with Gasteiger partial charge in [0, 0.05) is 27.5 Å². The third kappa shape index (κ3) is 19.9. The van der Waals surface area contributed by atoms with E-state index in [9.17, 15) is 0 Å². The van der Waals surface area contributed by atoms with Gasteiger partial charge in [-0.1, -0.05) is 0 Å². The third-order valence-electron chi connectivity index (χ3n) is 0. The summed E-state index contributed by atoms with van der Waals surface area (Å²) in [6.07, 6.45) is 0. The summed E-state index contributed by atoms with van der Waals surface area (Å²) >= 11 is 0. The molecule has 0 bridgehead atoms. The first-order valence-electron chi connectivity index (χ1n) is 0.309. The zero-order chi connectivity index (χ0) is 2.71. The van der Waals surface area contributed by atoms with Crippen molar-refractivity contribution in [2.75, 3.05) is 0 Å². The molecule has 1 radical (unpaired) electrons. The first-order valence-corrected chi connectivity index (χ1v) is 0.309. The molecule has 0 fully saturated rings. The molecule has 0 unspecified atom stereocenters. The molecule has 0 aliphatic heterocycles. The van der Waals surface area contributed by atoms with Crippen LogP contribution >= 0.6 is 0 Å². The first-order chi connectivity index (χ1) is 1.41. The Bertz CT molecular complexity index is 6.00. The van der Waals surface area contributed by atoms with E-state index in [-0.39, 0.29) is 22.4 Å².